The molecule has 1 heterocycles. The lowest BCUT2D eigenvalue weighted by molar-refractivity contribution is -0.122. The van der Waals surface area contributed by atoms with Crippen molar-refractivity contribution in [1.82, 2.24) is 10.6 Å². The van der Waals surface area contributed by atoms with Crippen LogP contribution in [-0.4, -0.2) is 55.2 Å². The van der Waals surface area contributed by atoms with Crippen molar-refractivity contribution in [3.63, 3.8) is 0 Å². The van der Waals surface area contributed by atoms with Crippen molar-refractivity contribution in [3.8, 4) is 0 Å². The molecular weight excluding hydrogens is 256 g/mol. The molecule has 1 fully saturated rings. The van der Waals surface area contributed by atoms with Crippen molar-refractivity contribution in [2.75, 3.05) is 18.1 Å². The third-order valence-electron chi connectivity index (χ3n) is 2.60. The van der Waals surface area contributed by atoms with Crippen molar-refractivity contribution in [2.45, 2.75) is 44.9 Å². The van der Waals surface area contributed by atoms with Crippen molar-refractivity contribution < 1.29 is 18.3 Å². The molecule has 1 amide bonds. The van der Waals surface area contributed by atoms with Crippen LogP contribution in [0.2, 0.25) is 0 Å². The summed E-state index contributed by atoms with van der Waals surface area (Å²) in [5.41, 5.74) is -0.271. The molecule has 0 aliphatic carbocycles. The minimum atomic E-state index is -3.14. The van der Waals surface area contributed by atoms with E-state index in [0.29, 0.717) is 6.54 Å². The van der Waals surface area contributed by atoms with Gasteiger partial charge in [-0.25, -0.2) is 8.42 Å². The predicted molar refractivity (Wildman–Crippen MR) is 69.0 cm³/mol. The van der Waals surface area contributed by atoms with Crippen LogP contribution in [0.25, 0.3) is 0 Å². The normalized spacial score (nSPS) is 27.1. The fourth-order valence-electron chi connectivity index (χ4n) is 1.88. The van der Waals surface area contributed by atoms with Gasteiger partial charge in [-0.05, 0) is 20.8 Å². The highest BCUT2D eigenvalue weighted by Crippen LogP contribution is 2.12. The Bertz CT molecular complexity index is 400. The SMILES string of the molecule is CC(C)(C)NC(=O)CCNC1CS(=O)(=O)CC1O. The number of carbonyl (C=O) groups excluding carboxylic acids is 1. The second kappa shape index (κ2) is 5.54. The Kier molecular flexibility index (Phi) is 4.74. The first-order valence-electron chi connectivity index (χ1n) is 6.02. The molecule has 0 bridgehead atoms. The number of hydrogen-bond donors (Lipinski definition) is 3. The van der Waals surface area contributed by atoms with Crippen LogP contribution in [0.15, 0.2) is 0 Å². The molecule has 7 heteroatoms. The van der Waals surface area contributed by atoms with E-state index in [4.69, 9.17) is 0 Å². The predicted octanol–water partition coefficient (Wildman–Crippen LogP) is -0.961. The van der Waals surface area contributed by atoms with E-state index in [9.17, 15) is 18.3 Å². The molecule has 0 spiro atoms. The summed E-state index contributed by atoms with van der Waals surface area (Å²) >= 11 is 0. The van der Waals surface area contributed by atoms with Crippen LogP contribution in [0, 0.1) is 0 Å². The van der Waals surface area contributed by atoms with Gasteiger partial charge in [-0.1, -0.05) is 0 Å². The zero-order chi connectivity index (χ0) is 14.0. The van der Waals surface area contributed by atoms with E-state index in [2.05, 4.69) is 10.6 Å². The Morgan fingerprint density at radius 3 is 2.39 bits per heavy atom. The van der Waals surface area contributed by atoms with E-state index in [1.165, 1.54) is 0 Å². The van der Waals surface area contributed by atoms with Crippen LogP contribution in [0.5, 0.6) is 0 Å². The molecule has 0 aromatic carbocycles. The van der Waals surface area contributed by atoms with Gasteiger partial charge in [0.15, 0.2) is 9.84 Å². The van der Waals surface area contributed by atoms with Gasteiger partial charge in [0.05, 0.1) is 17.6 Å². The molecule has 0 radical (unpaired) electrons. The van der Waals surface area contributed by atoms with E-state index >= 15 is 0 Å². The molecule has 0 aromatic rings. The van der Waals surface area contributed by atoms with Gasteiger partial charge in [-0.15, -0.1) is 0 Å². The molecule has 3 N–H and O–H groups in total. The summed E-state index contributed by atoms with van der Waals surface area (Å²) in [7, 11) is -3.14. The second-order valence-corrected chi connectivity index (χ2v) is 7.91. The van der Waals surface area contributed by atoms with E-state index in [0.717, 1.165) is 0 Å². The highest BCUT2D eigenvalue weighted by atomic mass is 32.2. The van der Waals surface area contributed by atoms with Gasteiger partial charge in [-0.2, -0.15) is 0 Å². The average Bonchev–Trinajstić information content (AvgIpc) is 2.36. The maximum Gasteiger partial charge on any atom is 0.221 e. The lowest BCUT2D eigenvalue weighted by Crippen LogP contribution is -2.44. The summed E-state index contributed by atoms with van der Waals surface area (Å²) < 4.78 is 22.5. The molecule has 1 aliphatic heterocycles. The monoisotopic (exact) mass is 278 g/mol. The topological polar surface area (TPSA) is 95.5 Å². The van der Waals surface area contributed by atoms with Gasteiger partial charge in [0.25, 0.3) is 0 Å². The molecule has 18 heavy (non-hydrogen) atoms. The third-order valence-corrected chi connectivity index (χ3v) is 4.31. The number of carbonyl (C=O) groups is 1. The van der Waals surface area contributed by atoms with Gasteiger partial charge >= 0.3 is 0 Å². The van der Waals surface area contributed by atoms with Crippen LogP contribution in [0.1, 0.15) is 27.2 Å². The lowest BCUT2D eigenvalue weighted by atomic mass is 10.1. The number of nitrogens with one attached hydrogen (secondary N) is 2. The Hall–Kier alpha value is -0.660. The maximum atomic E-state index is 11.5. The molecule has 0 saturated carbocycles. The quantitative estimate of drug-likeness (QED) is 0.615. The summed E-state index contributed by atoms with van der Waals surface area (Å²) in [5, 5.41) is 15.3. The molecule has 106 valence electrons. The summed E-state index contributed by atoms with van der Waals surface area (Å²) in [5.74, 6) is -0.348. The largest absolute Gasteiger partial charge is 0.390 e. The van der Waals surface area contributed by atoms with Gasteiger partial charge in [0.2, 0.25) is 5.91 Å². The van der Waals surface area contributed by atoms with E-state index in [1.54, 1.807) is 0 Å². The number of aliphatic hydroxyl groups excluding tert-OH is 1. The average molecular weight is 278 g/mol. The molecule has 1 saturated heterocycles. The van der Waals surface area contributed by atoms with Gasteiger partial charge in [0.1, 0.15) is 0 Å². The van der Waals surface area contributed by atoms with Crippen LogP contribution >= 0.6 is 0 Å². The summed E-state index contributed by atoms with van der Waals surface area (Å²) in [4.78, 5) is 11.5. The molecular formula is C11H22N2O4S. The zero-order valence-electron chi connectivity index (χ0n) is 11.1. The number of hydrogen-bond acceptors (Lipinski definition) is 5. The number of amides is 1. The minimum absolute atomic E-state index is 0.0605. The fourth-order valence-corrected chi connectivity index (χ4v) is 3.65. The van der Waals surface area contributed by atoms with E-state index < -0.39 is 22.0 Å². The summed E-state index contributed by atoms with van der Waals surface area (Å²) in [6, 6.07) is -0.461. The van der Waals surface area contributed by atoms with Gasteiger partial charge in [-0.3, -0.25) is 4.79 Å². The van der Waals surface area contributed by atoms with Crippen LogP contribution in [0.4, 0.5) is 0 Å². The van der Waals surface area contributed by atoms with Crippen molar-refractivity contribution in [2.24, 2.45) is 0 Å². The highest BCUT2D eigenvalue weighted by Gasteiger charge is 2.35. The standard InChI is InChI=1S/C11H22N2O4S/c1-11(2,3)13-10(15)4-5-12-8-6-18(16,17)7-9(8)14/h8-9,12,14H,4-7H2,1-3H3,(H,13,15). The zero-order valence-corrected chi connectivity index (χ0v) is 11.9. The molecule has 2 atom stereocenters. The van der Waals surface area contributed by atoms with E-state index in [1.807, 2.05) is 20.8 Å². The number of aliphatic hydroxyl groups is 1. The van der Waals surface area contributed by atoms with Gasteiger partial charge in [0, 0.05) is 24.5 Å². The molecule has 2 unspecified atom stereocenters. The van der Waals surface area contributed by atoms with Gasteiger partial charge < -0.3 is 15.7 Å². The van der Waals surface area contributed by atoms with Crippen molar-refractivity contribution in [1.29, 1.82) is 0 Å². The number of sulfone groups is 1. The highest BCUT2D eigenvalue weighted by molar-refractivity contribution is 7.91. The summed E-state index contributed by atoms with van der Waals surface area (Å²) in [6.07, 6.45) is -0.610. The lowest BCUT2D eigenvalue weighted by Gasteiger charge is -2.21. The Labute approximate surface area is 108 Å². The smallest absolute Gasteiger partial charge is 0.221 e. The minimum Gasteiger partial charge on any atom is -0.390 e. The summed E-state index contributed by atoms with van der Waals surface area (Å²) in [6.45, 7) is 6.04. The Morgan fingerprint density at radius 1 is 1.33 bits per heavy atom. The Balaban J connectivity index is 2.29. The van der Waals surface area contributed by atoms with Crippen LogP contribution < -0.4 is 10.6 Å². The molecule has 1 rings (SSSR count). The van der Waals surface area contributed by atoms with E-state index in [-0.39, 0.29) is 29.4 Å². The molecule has 0 aromatic heterocycles. The first-order chi connectivity index (χ1) is 8.09. The van der Waals surface area contributed by atoms with Crippen LogP contribution in [-0.2, 0) is 14.6 Å². The fraction of sp³-hybridized carbons (Fsp3) is 0.909. The molecule has 1 aliphatic rings. The number of rotatable bonds is 4. The maximum absolute atomic E-state index is 11.5. The van der Waals surface area contributed by atoms with Crippen LogP contribution in [0.3, 0.4) is 0 Å². The molecule has 6 nitrogen and oxygen atoms in total. The second-order valence-electron chi connectivity index (χ2n) is 5.75. The Morgan fingerprint density at radius 2 is 1.94 bits per heavy atom. The first-order valence-corrected chi connectivity index (χ1v) is 7.84. The third kappa shape index (κ3) is 5.32. The first kappa shape index (κ1) is 15.4. The van der Waals surface area contributed by atoms with Crippen molar-refractivity contribution >= 4 is 15.7 Å². The van der Waals surface area contributed by atoms with Crippen molar-refractivity contribution in [3.05, 3.63) is 0 Å².